The molecule has 0 bridgehead atoms. The van der Waals surface area contributed by atoms with Crippen LogP contribution in [0.4, 0.5) is 18.0 Å². The molecule has 1 aliphatic heterocycles. The molecular formula is C29H27F3N2O9S. The highest BCUT2D eigenvalue weighted by atomic mass is 32.2. The Morgan fingerprint density at radius 2 is 1.61 bits per heavy atom. The maximum atomic E-state index is 13.6. The first kappa shape index (κ1) is 32.1. The summed E-state index contributed by atoms with van der Waals surface area (Å²) in [6, 6.07) is 15.8. The minimum absolute atomic E-state index is 0.0461. The van der Waals surface area contributed by atoms with Crippen LogP contribution in [-0.2, 0) is 21.5 Å². The number of nitrogens with zero attached hydrogens (tertiary/aromatic N) is 1. The summed E-state index contributed by atoms with van der Waals surface area (Å²) >= 11 is 0. The fourth-order valence-electron chi connectivity index (χ4n) is 4.56. The molecule has 1 aliphatic rings. The molecule has 0 radical (unpaired) electrons. The number of methoxy groups -OCH3 is 2. The van der Waals surface area contributed by atoms with Crippen LogP contribution in [-0.4, -0.2) is 57.5 Å². The second-order valence-electron chi connectivity index (χ2n) is 9.40. The van der Waals surface area contributed by atoms with Crippen LogP contribution < -0.4 is 19.0 Å². The summed E-state index contributed by atoms with van der Waals surface area (Å²) in [4.78, 5) is 40.1. The molecule has 0 fully saturated rings. The van der Waals surface area contributed by atoms with Crippen molar-refractivity contribution in [2.45, 2.75) is 31.0 Å². The maximum absolute atomic E-state index is 13.6. The van der Waals surface area contributed by atoms with Gasteiger partial charge < -0.3 is 23.7 Å². The quantitative estimate of drug-likeness (QED) is 0.126. The van der Waals surface area contributed by atoms with Crippen molar-refractivity contribution < 1.29 is 54.4 Å². The Morgan fingerprint density at radius 1 is 0.909 bits per heavy atom. The fourth-order valence-corrected chi connectivity index (χ4v) is 5.03. The van der Waals surface area contributed by atoms with Crippen LogP contribution in [0.1, 0.15) is 50.7 Å². The molecule has 0 saturated carbocycles. The van der Waals surface area contributed by atoms with Gasteiger partial charge in [0.1, 0.15) is 6.61 Å². The van der Waals surface area contributed by atoms with Crippen LogP contribution in [0, 0.1) is 0 Å². The Hall–Kier alpha value is -4.79. The Kier molecular flexibility index (Phi) is 9.67. The number of carbonyl (C=O) groups is 3. The van der Waals surface area contributed by atoms with Crippen LogP contribution in [0.15, 0.2) is 66.7 Å². The van der Waals surface area contributed by atoms with E-state index in [0.29, 0.717) is 11.3 Å². The van der Waals surface area contributed by atoms with Gasteiger partial charge in [0.25, 0.3) is 11.8 Å². The number of carbonyl (C=O) groups excluding carboxylic acids is 3. The summed E-state index contributed by atoms with van der Waals surface area (Å²) in [6.07, 6.45) is -0.389. The predicted octanol–water partition coefficient (Wildman–Crippen LogP) is 4.98. The van der Waals surface area contributed by atoms with E-state index < -0.39 is 50.9 Å². The topological polar surface area (TPSA) is 138 Å². The molecule has 1 heterocycles. The molecule has 1 atom stereocenters. The lowest BCUT2D eigenvalue weighted by atomic mass is 9.99. The molecule has 0 saturated heterocycles. The summed E-state index contributed by atoms with van der Waals surface area (Å²) < 4.78 is 82.6. The molecule has 0 spiro atoms. The fraction of sp³-hybridized carbons (Fsp3) is 0.276. The number of hydrogen-bond acceptors (Lipinski definition) is 9. The molecule has 44 heavy (non-hydrogen) atoms. The molecule has 1 N–H and O–H groups in total. The van der Waals surface area contributed by atoms with Crippen molar-refractivity contribution in [1.29, 1.82) is 0 Å². The monoisotopic (exact) mass is 636 g/mol. The van der Waals surface area contributed by atoms with Crippen molar-refractivity contribution in [3.05, 3.63) is 89.0 Å². The first-order valence-corrected chi connectivity index (χ1v) is 14.5. The number of imide groups is 1. The Bertz CT molecular complexity index is 1650. The van der Waals surface area contributed by atoms with E-state index in [4.69, 9.17) is 14.2 Å². The lowest BCUT2D eigenvalue weighted by Crippen LogP contribution is -2.35. The number of rotatable bonds is 12. The zero-order valence-corrected chi connectivity index (χ0v) is 24.2. The number of fused-ring (bicyclic) bond motifs is 1. The van der Waals surface area contributed by atoms with Gasteiger partial charge in [-0.15, -0.1) is 0 Å². The molecular weight excluding hydrogens is 609 g/mol. The van der Waals surface area contributed by atoms with Gasteiger partial charge in [0.15, 0.2) is 17.2 Å². The highest BCUT2D eigenvalue weighted by Crippen LogP contribution is 2.41. The normalized spacial score (nSPS) is 13.7. The number of hydrogen-bond donors (Lipinski definition) is 1. The third-order valence-corrected chi connectivity index (χ3v) is 7.60. The summed E-state index contributed by atoms with van der Waals surface area (Å²) in [7, 11) is -3.33. The smallest absolute Gasteiger partial charge is 0.493 e. The zero-order chi connectivity index (χ0) is 32.1. The summed E-state index contributed by atoms with van der Waals surface area (Å²) in [5.41, 5.74) is -5.54. The van der Waals surface area contributed by atoms with Crippen molar-refractivity contribution in [1.82, 2.24) is 10.2 Å². The van der Waals surface area contributed by atoms with E-state index in [9.17, 15) is 36.0 Å². The van der Waals surface area contributed by atoms with E-state index in [1.54, 1.807) is 36.4 Å². The molecule has 4 rings (SSSR count). The highest BCUT2D eigenvalue weighted by molar-refractivity contribution is 7.88. The number of nitrogens with one attached hydrogen (secondary N) is 1. The molecule has 11 nitrogen and oxygen atoms in total. The van der Waals surface area contributed by atoms with Crippen molar-refractivity contribution in [2.75, 3.05) is 20.8 Å². The summed E-state index contributed by atoms with van der Waals surface area (Å²) in [6.45, 7) is 0.128. The third kappa shape index (κ3) is 6.88. The van der Waals surface area contributed by atoms with Crippen LogP contribution in [0.25, 0.3) is 0 Å². The molecule has 3 aromatic carbocycles. The van der Waals surface area contributed by atoms with Crippen LogP contribution in [0.2, 0.25) is 0 Å². The molecule has 1 unspecified atom stereocenters. The summed E-state index contributed by atoms with van der Waals surface area (Å²) in [5.74, 6) is -2.25. The SMILES string of the molecule is COc1ccc(C(CCCNC(=O)OCc2ccccc2)N2C(=O)c3cccc(OS(=O)(=O)C(F)(F)F)c3C2=O)cc1OC. The second kappa shape index (κ2) is 13.2. The van der Waals surface area contributed by atoms with E-state index in [1.807, 2.05) is 6.07 Å². The maximum Gasteiger partial charge on any atom is 0.534 e. The van der Waals surface area contributed by atoms with Gasteiger partial charge in [0.2, 0.25) is 0 Å². The van der Waals surface area contributed by atoms with Crippen molar-refractivity contribution in [2.24, 2.45) is 0 Å². The van der Waals surface area contributed by atoms with E-state index in [0.717, 1.165) is 22.6 Å². The second-order valence-corrected chi connectivity index (χ2v) is 10.9. The molecule has 15 heteroatoms. The van der Waals surface area contributed by atoms with Gasteiger partial charge in [-0.3, -0.25) is 14.5 Å². The first-order valence-electron chi connectivity index (χ1n) is 13.1. The van der Waals surface area contributed by atoms with Crippen LogP contribution >= 0.6 is 0 Å². The van der Waals surface area contributed by atoms with Gasteiger partial charge in [-0.25, -0.2) is 4.79 Å². The average Bonchev–Trinajstić information content (AvgIpc) is 3.25. The van der Waals surface area contributed by atoms with Crippen molar-refractivity contribution in [3.8, 4) is 17.2 Å². The number of amides is 3. The van der Waals surface area contributed by atoms with Gasteiger partial charge >= 0.3 is 21.7 Å². The molecule has 3 amide bonds. The number of halogens is 3. The minimum Gasteiger partial charge on any atom is -0.493 e. The van der Waals surface area contributed by atoms with Gasteiger partial charge in [0, 0.05) is 6.54 Å². The number of alkyl carbamates (subject to hydrolysis) is 1. The van der Waals surface area contributed by atoms with Gasteiger partial charge in [-0.05, 0) is 48.2 Å². The largest absolute Gasteiger partial charge is 0.534 e. The van der Waals surface area contributed by atoms with E-state index in [1.165, 1.54) is 26.4 Å². The molecule has 3 aromatic rings. The van der Waals surface area contributed by atoms with Gasteiger partial charge in [0.05, 0.1) is 31.4 Å². The van der Waals surface area contributed by atoms with Gasteiger partial charge in [-0.2, -0.15) is 21.6 Å². The average molecular weight is 637 g/mol. The minimum atomic E-state index is -6.13. The van der Waals surface area contributed by atoms with E-state index in [2.05, 4.69) is 9.50 Å². The number of benzene rings is 3. The highest BCUT2D eigenvalue weighted by Gasteiger charge is 2.50. The Balaban J connectivity index is 1.57. The number of alkyl halides is 3. The van der Waals surface area contributed by atoms with E-state index >= 15 is 0 Å². The lowest BCUT2D eigenvalue weighted by molar-refractivity contribution is -0.0500. The molecule has 0 aliphatic carbocycles. The molecule has 234 valence electrons. The Labute approximate surface area is 250 Å². The summed E-state index contributed by atoms with van der Waals surface area (Å²) in [5, 5.41) is 2.59. The Morgan fingerprint density at radius 3 is 2.27 bits per heavy atom. The third-order valence-electron chi connectivity index (χ3n) is 6.63. The van der Waals surface area contributed by atoms with E-state index in [-0.39, 0.29) is 37.3 Å². The zero-order valence-electron chi connectivity index (χ0n) is 23.4. The number of ether oxygens (including phenoxy) is 3. The molecule has 0 aromatic heterocycles. The van der Waals surface area contributed by atoms with Gasteiger partial charge in [-0.1, -0.05) is 42.5 Å². The lowest BCUT2D eigenvalue weighted by Gasteiger charge is -2.27. The van der Waals surface area contributed by atoms with Crippen molar-refractivity contribution in [3.63, 3.8) is 0 Å². The van der Waals surface area contributed by atoms with Crippen LogP contribution in [0.3, 0.4) is 0 Å². The first-order chi connectivity index (χ1) is 20.9. The van der Waals surface area contributed by atoms with Crippen molar-refractivity contribution >= 4 is 28.0 Å². The van der Waals surface area contributed by atoms with Crippen LogP contribution in [0.5, 0.6) is 17.2 Å². The predicted molar refractivity (Wildman–Crippen MR) is 149 cm³/mol. The standard InChI is InChI=1S/C29H27F3N2O9S/c1-40-22-14-13-19(16-24(22)41-2)21(11-7-15-33-28(37)42-17-18-8-4-3-5-9-18)34-26(35)20-10-6-12-23(25(20)27(34)36)43-44(38,39)29(30,31)32/h3-6,8-10,12-14,16,21H,7,11,15,17H2,1-2H3,(H,33,37).